The SMILES string of the molecule is Cc1cc(F)cc(S(=O)(=O)N[C@H]2c3ccccc3C[C@@H]2O)c1. The van der Waals surface area contributed by atoms with E-state index in [1.807, 2.05) is 12.1 Å². The van der Waals surface area contributed by atoms with E-state index in [1.54, 1.807) is 19.1 Å². The number of rotatable bonds is 3. The van der Waals surface area contributed by atoms with Crippen LogP contribution in [0.3, 0.4) is 0 Å². The standard InChI is InChI=1S/C16H16FNO3S/c1-10-6-12(17)9-13(7-10)22(20,21)18-16-14-5-3-2-4-11(14)8-15(16)19/h2-7,9,15-16,18-19H,8H2,1H3/t15-,16-/m0/s1. The molecule has 1 aliphatic carbocycles. The number of aryl methyl sites for hydroxylation is 1. The normalized spacial score (nSPS) is 20.9. The molecule has 3 rings (SSSR count). The molecule has 2 N–H and O–H groups in total. The second kappa shape index (κ2) is 5.46. The van der Waals surface area contributed by atoms with E-state index in [9.17, 15) is 17.9 Å². The number of hydrogen-bond donors (Lipinski definition) is 2. The summed E-state index contributed by atoms with van der Waals surface area (Å²) in [6, 6.07) is 10.2. The third kappa shape index (κ3) is 2.77. The van der Waals surface area contributed by atoms with Crippen molar-refractivity contribution in [2.75, 3.05) is 0 Å². The molecule has 2 aromatic rings. The van der Waals surface area contributed by atoms with Crippen LogP contribution in [0.5, 0.6) is 0 Å². The van der Waals surface area contributed by atoms with Crippen molar-refractivity contribution < 1.29 is 17.9 Å². The van der Waals surface area contributed by atoms with Crippen LogP contribution in [0.2, 0.25) is 0 Å². The van der Waals surface area contributed by atoms with Gasteiger partial charge in [0.2, 0.25) is 10.0 Å². The van der Waals surface area contributed by atoms with Gasteiger partial charge in [-0.2, -0.15) is 0 Å². The highest BCUT2D eigenvalue weighted by molar-refractivity contribution is 7.89. The van der Waals surface area contributed by atoms with Gasteiger partial charge in [0.05, 0.1) is 17.0 Å². The minimum absolute atomic E-state index is 0.137. The van der Waals surface area contributed by atoms with Gasteiger partial charge in [0.25, 0.3) is 0 Å². The van der Waals surface area contributed by atoms with Crippen molar-refractivity contribution in [1.82, 2.24) is 4.72 Å². The molecular formula is C16H16FNO3S. The summed E-state index contributed by atoms with van der Waals surface area (Å²) in [5.74, 6) is -0.604. The third-order valence-electron chi connectivity index (χ3n) is 3.81. The predicted molar refractivity (Wildman–Crippen MR) is 80.4 cm³/mol. The molecule has 0 amide bonds. The highest BCUT2D eigenvalue weighted by atomic mass is 32.2. The van der Waals surface area contributed by atoms with Gasteiger partial charge in [0, 0.05) is 6.42 Å². The second-order valence-corrected chi connectivity index (χ2v) is 7.25. The van der Waals surface area contributed by atoms with Crippen LogP contribution in [0.15, 0.2) is 47.4 Å². The molecule has 2 aromatic carbocycles. The number of fused-ring (bicyclic) bond motifs is 1. The molecule has 0 radical (unpaired) electrons. The summed E-state index contributed by atoms with van der Waals surface area (Å²) in [6.07, 6.45) is -0.437. The van der Waals surface area contributed by atoms with Crippen molar-refractivity contribution in [3.8, 4) is 0 Å². The Hall–Kier alpha value is -1.76. The number of hydrogen-bond acceptors (Lipinski definition) is 3. The molecule has 0 saturated heterocycles. The maximum atomic E-state index is 13.4. The van der Waals surface area contributed by atoms with E-state index >= 15 is 0 Å². The number of sulfonamides is 1. The summed E-state index contributed by atoms with van der Waals surface area (Å²) < 4.78 is 40.9. The zero-order chi connectivity index (χ0) is 15.9. The van der Waals surface area contributed by atoms with Gasteiger partial charge in [-0.1, -0.05) is 24.3 Å². The summed E-state index contributed by atoms with van der Waals surface area (Å²) in [6.45, 7) is 1.63. The van der Waals surface area contributed by atoms with Crippen molar-refractivity contribution >= 4 is 10.0 Å². The van der Waals surface area contributed by atoms with Gasteiger partial charge < -0.3 is 5.11 Å². The van der Waals surface area contributed by atoms with Crippen molar-refractivity contribution in [2.24, 2.45) is 0 Å². The Morgan fingerprint density at radius 1 is 1.23 bits per heavy atom. The van der Waals surface area contributed by atoms with Gasteiger partial charge in [-0.25, -0.2) is 17.5 Å². The largest absolute Gasteiger partial charge is 0.391 e. The van der Waals surface area contributed by atoms with Crippen molar-refractivity contribution in [3.63, 3.8) is 0 Å². The fourth-order valence-corrected chi connectivity index (χ4v) is 4.17. The number of aliphatic hydroxyl groups excluding tert-OH is 1. The molecular weight excluding hydrogens is 305 g/mol. The molecule has 0 fully saturated rings. The van der Waals surface area contributed by atoms with Crippen LogP contribution in [0.25, 0.3) is 0 Å². The average Bonchev–Trinajstić information content (AvgIpc) is 2.74. The lowest BCUT2D eigenvalue weighted by Crippen LogP contribution is -2.34. The van der Waals surface area contributed by atoms with Crippen LogP contribution in [-0.4, -0.2) is 19.6 Å². The lowest BCUT2D eigenvalue weighted by Gasteiger charge is -2.18. The molecule has 116 valence electrons. The molecule has 0 aromatic heterocycles. The third-order valence-corrected chi connectivity index (χ3v) is 5.23. The topological polar surface area (TPSA) is 66.4 Å². The lowest BCUT2D eigenvalue weighted by molar-refractivity contribution is 0.151. The molecule has 0 saturated carbocycles. The van der Waals surface area contributed by atoms with E-state index < -0.39 is 28.0 Å². The number of nitrogens with one attached hydrogen (secondary N) is 1. The van der Waals surface area contributed by atoms with Crippen LogP contribution < -0.4 is 4.72 Å². The van der Waals surface area contributed by atoms with E-state index in [-0.39, 0.29) is 4.90 Å². The van der Waals surface area contributed by atoms with Crippen LogP contribution in [-0.2, 0) is 16.4 Å². The van der Waals surface area contributed by atoms with Gasteiger partial charge in [0.15, 0.2) is 0 Å². The first-order chi connectivity index (χ1) is 10.4. The average molecular weight is 321 g/mol. The zero-order valence-electron chi connectivity index (χ0n) is 12.0. The molecule has 4 nitrogen and oxygen atoms in total. The molecule has 0 spiro atoms. The first kappa shape index (κ1) is 15.1. The molecule has 0 heterocycles. The first-order valence-electron chi connectivity index (χ1n) is 6.92. The Balaban J connectivity index is 1.95. The smallest absolute Gasteiger partial charge is 0.241 e. The summed E-state index contributed by atoms with van der Waals surface area (Å²) in [5, 5.41) is 10.1. The van der Waals surface area contributed by atoms with E-state index in [1.165, 1.54) is 12.1 Å². The number of halogens is 1. The first-order valence-corrected chi connectivity index (χ1v) is 8.40. The molecule has 2 atom stereocenters. The maximum Gasteiger partial charge on any atom is 0.241 e. The number of aliphatic hydroxyl groups is 1. The lowest BCUT2D eigenvalue weighted by atomic mass is 10.1. The molecule has 0 bridgehead atoms. The van der Waals surface area contributed by atoms with Crippen LogP contribution in [0, 0.1) is 12.7 Å². The van der Waals surface area contributed by atoms with E-state index in [4.69, 9.17) is 0 Å². The van der Waals surface area contributed by atoms with E-state index in [0.29, 0.717) is 12.0 Å². The molecule has 0 aliphatic heterocycles. The summed E-state index contributed by atoms with van der Waals surface area (Å²) in [7, 11) is -3.91. The molecule has 6 heteroatoms. The highest BCUT2D eigenvalue weighted by Gasteiger charge is 2.34. The molecule has 22 heavy (non-hydrogen) atoms. The van der Waals surface area contributed by atoms with Gasteiger partial charge in [-0.05, 0) is 41.8 Å². The number of benzene rings is 2. The minimum atomic E-state index is -3.91. The van der Waals surface area contributed by atoms with E-state index in [2.05, 4.69) is 4.72 Å². The Morgan fingerprint density at radius 2 is 1.95 bits per heavy atom. The van der Waals surface area contributed by atoms with Crippen molar-refractivity contribution in [2.45, 2.75) is 30.4 Å². The fraction of sp³-hybridized carbons (Fsp3) is 0.250. The van der Waals surface area contributed by atoms with Gasteiger partial charge in [-0.3, -0.25) is 0 Å². The summed E-state index contributed by atoms with van der Waals surface area (Å²) in [5.41, 5.74) is 2.19. The zero-order valence-corrected chi connectivity index (χ0v) is 12.8. The quantitative estimate of drug-likeness (QED) is 0.909. The summed E-state index contributed by atoms with van der Waals surface area (Å²) in [4.78, 5) is -0.137. The minimum Gasteiger partial charge on any atom is -0.391 e. The van der Waals surface area contributed by atoms with Crippen LogP contribution in [0.4, 0.5) is 4.39 Å². The predicted octanol–water partition coefficient (Wildman–Crippen LogP) is 2.07. The Kier molecular flexibility index (Phi) is 3.76. The fourth-order valence-electron chi connectivity index (χ4n) is 2.81. The van der Waals surface area contributed by atoms with Crippen molar-refractivity contribution in [3.05, 3.63) is 65.0 Å². The van der Waals surface area contributed by atoms with Crippen LogP contribution >= 0.6 is 0 Å². The Bertz CT molecular complexity index is 800. The molecule has 0 unspecified atom stereocenters. The van der Waals surface area contributed by atoms with E-state index in [0.717, 1.165) is 17.2 Å². The second-order valence-electron chi connectivity index (χ2n) is 5.53. The Morgan fingerprint density at radius 3 is 2.68 bits per heavy atom. The summed E-state index contributed by atoms with van der Waals surface area (Å²) >= 11 is 0. The van der Waals surface area contributed by atoms with Gasteiger partial charge in [-0.15, -0.1) is 0 Å². The highest BCUT2D eigenvalue weighted by Crippen LogP contribution is 2.32. The van der Waals surface area contributed by atoms with Crippen LogP contribution in [0.1, 0.15) is 22.7 Å². The van der Waals surface area contributed by atoms with Gasteiger partial charge in [0.1, 0.15) is 5.82 Å². The molecule has 1 aliphatic rings. The van der Waals surface area contributed by atoms with Gasteiger partial charge >= 0.3 is 0 Å². The Labute approximate surface area is 128 Å². The van der Waals surface area contributed by atoms with Crippen molar-refractivity contribution in [1.29, 1.82) is 0 Å². The monoisotopic (exact) mass is 321 g/mol. The maximum absolute atomic E-state index is 13.4.